The predicted molar refractivity (Wildman–Crippen MR) is 94.1 cm³/mol. The van der Waals surface area contributed by atoms with E-state index >= 15 is 0 Å². The van der Waals surface area contributed by atoms with E-state index in [0.717, 1.165) is 11.8 Å². The maximum Gasteiger partial charge on any atom is -0.0325 e. The van der Waals surface area contributed by atoms with Crippen LogP contribution >= 0.6 is 0 Å². The standard InChI is InChI=1S/C9H16.2C4H8.C3H6/c1-3-5-8(2)9-6-4-7-9;2*1-2-4-3-1;1-3-2/h3,8-9H,1,4-7H2,2H3;2*1-4H2;3H,1H2,2H3. The number of hydrogen-bond donors (Lipinski definition) is 0. The molecule has 3 fully saturated rings. The highest BCUT2D eigenvalue weighted by atomic mass is 14.3. The molecule has 0 N–H and O–H groups in total. The Morgan fingerprint density at radius 3 is 1.35 bits per heavy atom. The minimum absolute atomic E-state index is 0.899. The van der Waals surface area contributed by atoms with E-state index in [9.17, 15) is 0 Å². The van der Waals surface area contributed by atoms with Gasteiger partial charge in [0.25, 0.3) is 0 Å². The van der Waals surface area contributed by atoms with Gasteiger partial charge in [-0.2, -0.15) is 0 Å². The topological polar surface area (TPSA) is 0 Å². The van der Waals surface area contributed by atoms with Crippen LogP contribution in [-0.2, 0) is 0 Å². The minimum atomic E-state index is 0.899. The second kappa shape index (κ2) is 14.9. The fraction of sp³-hybridized carbons (Fsp3) is 0.800. The molecule has 3 rings (SSSR count). The smallest absolute Gasteiger partial charge is 0.0325 e. The van der Waals surface area contributed by atoms with Gasteiger partial charge >= 0.3 is 0 Å². The molecule has 1 atom stereocenters. The summed E-state index contributed by atoms with van der Waals surface area (Å²) in [6.07, 6.45) is 21.4. The van der Waals surface area contributed by atoms with Gasteiger partial charge in [0, 0.05) is 0 Å². The first kappa shape index (κ1) is 19.5. The Bertz CT molecular complexity index is 188. The van der Waals surface area contributed by atoms with E-state index in [0.29, 0.717) is 0 Å². The number of hydrogen-bond acceptors (Lipinski definition) is 0. The maximum absolute atomic E-state index is 3.74. The molecule has 0 nitrogen and oxygen atoms in total. The lowest BCUT2D eigenvalue weighted by Gasteiger charge is -2.30. The highest BCUT2D eigenvalue weighted by molar-refractivity contribution is 4.80. The summed E-state index contributed by atoms with van der Waals surface area (Å²) in [4.78, 5) is 0. The minimum Gasteiger partial charge on any atom is -0.103 e. The van der Waals surface area contributed by atoms with Gasteiger partial charge in [-0.25, -0.2) is 0 Å². The highest BCUT2D eigenvalue weighted by Gasteiger charge is 2.22. The number of rotatable bonds is 3. The second-order valence-electron chi connectivity index (χ2n) is 6.43. The van der Waals surface area contributed by atoms with Crippen molar-refractivity contribution < 1.29 is 0 Å². The first-order valence-corrected chi connectivity index (χ1v) is 8.94. The van der Waals surface area contributed by atoms with Crippen molar-refractivity contribution in [2.75, 3.05) is 0 Å². The molecule has 20 heavy (non-hydrogen) atoms. The Labute approximate surface area is 128 Å². The van der Waals surface area contributed by atoms with Crippen LogP contribution in [0.4, 0.5) is 0 Å². The molecule has 0 aliphatic heterocycles. The van der Waals surface area contributed by atoms with Crippen LogP contribution in [0.3, 0.4) is 0 Å². The Hall–Kier alpha value is -0.520. The first-order chi connectivity index (χ1) is 9.76. The van der Waals surface area contributed by atoms with Crippen LogP contribution in [-0.4, -0.2) is 0 Å². The molecule has 0 heteroatoms. The Morgan fingerprint density at radius 1 is 0.850 bits per heavy atom. The summed E-state index contributed by atoms with van der Waals surface area (Å²) >= 11 is 0. The summed E-state index contributed by atoms with van der Waals surface area (Å²) in [6.45, 7) is 11.3. The molecular formula is C20H38. The lowest BCUT2D eigenvalue weighted by Crippen LogP contribution is -2.18. The van der Waals surface area contributed by atoms with Crippen LogP contribution in [0.5, 0.6) is 0 Å². The zero-order valence-corrected chi connectivity index (χ0v) is 14.2. The van der Waals surface area contributed by atoms with Crippen LogP contribution < -0.4 is 0 Å². The summed E-state index contributed by atoms with van der Waals surface area (Å²) in [7, 11) is 0. The monoisotopic (exact) mass is 278 g/mol. The fourth-order valence-electron chi connectivity index (χ4n) is 1.96. The van der Waals surface area contributed by atoms with Crippen molar-refractivity contribution in [1.82, 2.24) is 0 Å². The molecule has 0 radical (unpaired) electrons. The third kappa shape index (κ3) is 11.3. The van der Waals surface area contributed by atoms with Crippen molar-refractivity contribution in [2.24, 2.45) is 11.8 Å². The van der Waals surface area contributed by atoms with E-state index < -0.39 is 0 Å². The zero-order chi connectivity index (χ0) is 15.1. The van der Waals surface area contributed by atoms with Crippen molar-refractivity contribution in [2.45, 2.75) is 90.9 Å². The second-order valence-corrected chi connectivity index (χ2v) is 6.43. The molecule has 0 spiro atoms. The first-order valence-electron chi connectivity index (χ1n) is 8.94. The molecule has 0 bridgehead atoms. The molecule has 0 saturated heterocycles. The molecule has 0 aromatic rings. The lowest BCUT2D eigenvalue weighted by atomic mass is 9.75. The van der Waals surface area contributed by atoms with E-state index in [-0.39, 0.29) is 0 Å². The molecule has 3 saturated carbocycles. The molecule has 3 aliphatic rings. The average molecular weight is 279 g/mol. The molecule has 0 aromatic heterocycles. The van der Waals surface area contributed by atoms with Gasteiger partial charge in [0.15, 0.2) is 0 Å². The van der Waals surface area contributed by atoms with Gasteiger partial charge < -0.3 is 0 Å². The van der Waals surface area contributed by atoms with E-state index in [1.54, 1.807) is 6.08 Å². The largest absolute Gasteiger partial charge is 0.103 e. The van der Waals surface area contributed by atoms with Gasteiger partial charge in [0.1, 0.15) is 0 Å². The van der Waals surface area contributed by atoms with Crippen LogP contribution in [0.2, 0.25) is 0 Å². The lowest BCUT2D eigenvalue weighted by molar-refractivity contribution is 0.222. The highest BCUT2D eigenvalue weighted by Crippen LogP contribution is 2.34. The Kier molecular flexibility index (Phi) is 14.5. The predicted octanol–water partition coefficient (Wildman–Crippen LogP) is 7.31. The molecule has 0 amide bonds. The van der Waals surface area contributed by atoms with Gasteiger partial charge in [-0.05, 0) is 25.2 Å². The Morgan fingerprint density at radius 2 is 1.20 bits per heavy atom. The SMILES string of the molecule is C1CCC1.C1CCC1.C=CC.C=CCC(C)C1CCC1. The molecule has 0 heterocycles. The molecule has 3 aliphatic carbocycles. The maximum atomic E-state index is 3.74. The van der Waals surface area contributed by atoms with Crippen LogP contribution in [0.25, 0.3) is 0 Å². The Balaban J connectivity index is 0.000000273. The van der Waals surface area contributed by atoms with Crippen LogP contribution in [0.1, 0.15) is 90.9 Å². The van der Waals surface area contributed by atoms with Gasteiger partial charge in [0.05, 0.1) is 0 Å². The average Bonchev–Trinajstić information content (AvgIpc) is 2.09. The van der Waals surface area contributed by atoms with E-state index in [1.165, 1.54) is 77.0 Å². The van der Waals surface area contributed by atoms with Crippen molar-refractivity contribution in [1.29, 1.82) is 0 Å². The zero-order valence-electron chi connectivity index (χ0n) is 14.2. The third-order valence-electron chi connectivity index (χ3n) is 4.49. The molecule has 0 aromatic carbocycles. The van der Waals surface area contributed by atoms with Crippen molar-refractivity contribution in [3.05, 3.63) is 25.3 Å². The van der Waals surface area contributed by atoms with Crippen molar-refractivity contribution in [3.8, 4) is 0 Å². The van der Waals surface area contributed by atoms with Crippen LogP contribution in [0.15, 0.2) is 25.3 Å². The van der Waals surface area contributed by atoms with Crippen LogP contribution in [0, 0.1) is 11.8 Å². The van der Waals surface area contributed by atoms with Gasteiger partial charge in [-0.15, -0.1) is 13.2 Å². The van der Waals surface area contributed by atoms with E-state index in [1.807, 2.05) is 13.0 Å². The summed E-state index contributed by atoms with van der Waals surface area (Å²) in [5, 5.41) is 0. The van der Waals surface area contributed by atoms with Gasteiger partial charge in [0.2, 0.25) is 0 Å². The normalized spacial score (nSPS) is 20.5. The third-order valence-corrected chi connectivity index (χ3v) is 4.49. The van der Waals surface area contributed by atoms with Gasteiger partial charge in [-0.1, -0.05) is 89.7 Å². The van der Waals surface area contributed by atoms with Crippen molar-refractivity contribution >= 4 is 0 Å². The van der Waals surface area contributed by atoms with Crippen molar-refractivity contribution in [3.63, 3.8) is 0 Å². The van der Waals surface area contributed by atoms with E-state index in [2.05, 4.69) is 20.1 Å². The summed E-state index contributed by atoms with van der Waals surface area (Å²) < 4.78 is 0. The number of allylic oxidation sites excluding steroid dienone is 2. The van der Waals surface area contributed by atoms with E-state index in [4.69, 9.17) is 0 Å². The molecular weight excluding hydrogens is 240 g/mol. The quantitative estimate of drug-likeness (QED) is 0.475. The molecule has 1 unspecified atom stereocenters. The van der Waals surface area contributed by atoms with Gasteiger partial charge in [-0.3, -0.25) is 0 Å². The summed E-state index contributed by atoms with van der Waals surface area (Å²) in [5.74, 6) is 1.93. The molecule has 118 valence electrons. The summed E-state index contributed by atoms with van der Waals surface area (Å²) in [5.41, 5.74) is 0. The fourth-order valence-corrected chi connectivity index (χ4v) is 1.96. The summed E-state index contributed by atoms with van der Waals surface area (Å²) in [6, 6.07) is 0.